The Morgan fingerprint density at radius 2 is 2.24 bits per heavy atom. The van der Waals surface area contributed by atoms with Gasteiger partial charge < -0.3 is 10.2 Å². The van der Waals surface area contributed by atoms with E-state index < -0.39 is 0 Å². The van der Waals surface area contributed by atoms with E-state index in [4.69, 9.17) is 11.6 Å². The number of nitrogens with zero attached hydrogens (tertiary/aromatic N) is 1. The van der Waals surface area contributed by atoms with Gasteiger partial charge in [0.05, 0.1) is 0 Å². The molecule has 1 aromatic rings. The van der Waals surface area contributed by atoms with Crippen molar-refractivity contribution in [3.8, 4) is 0 Å². The van der Waals surface area contributed by atoms with Crippen molar-refractivity contribution in [2.24, 2.45) is 0 Å². The summed E-state index contributed by atoms with van der Waals surface area (Å²) < 4.78 is 0. The van der Waals surface area contributed by atoms with Crippen molar-refractivity contribution < 1.29 is 4.79 Å². The standard InChI is InChI=1S/C13H17ClN2O/c1-9-5-11(7-12(14)6-9)13(17)16-4-3-15-8-10(16)2/h5-7,10,15H,3-4,8H2,1-2H3/t10-/m1/s1. The molecular weight excluding hydrogens is 236 g/mol. The Kier molecular flexibility index (Phi) is 3.69. The molecule has 4 heteroatoms. The minimum Gasteiger partial charge on any atom is -0.333 e. The van der Waals surface area contributed by atoms with Gasteiger partial charge in [0.25, 0.3) is 5.91 Å². The van der Waals surface area contributed by atoms with Crippen molar-refractivity contribution in [1.29, 1.82) is 0 Å². The monoisotopic (exact) mass is 252 g/mol. The number of halogens is 1. The maximum absolute atomic E-state index is 12.4. The second kappa shape index (κ2) is 5.07. The van der Waals surface area contributed by atoms with Gasteiger partial charge in [-0.2, -0.15) is 0 Å². The highest BCUT2D eigenvalue weighted by molar-refractivity contribution is 6.31. The number of aryl methyl sites for hydroxylation is 1. The molecule has 1 atom stereocenters. The second-order valence-corrected chi connectivity index (χ2v) is 5.01. The smallest absolute Gasteiger partial charge is 0.254 e. The third kappa shape index (κ3) is 2.79. The zero-order chi connectivity index (χ0) is 12.4. The Bertz CT molecular complexity index is 413. The maximum atomic E-state index is 12.4. The van der Waals surface area contributed by atoms with Crippen LogP contribution in [-0.4, -0.2) is 36.5 Å². The third-order valence-corrected chi connectivity index (χ3v) is 3.27. The summed E-state index contributed by atoms with van der Waals surface area (Å²) >= 11 is 5.99. The molecule has 1 aliphatic heterocycles. The molecule has 3 nitrogen and oxygen atoms in total. The Labute approximate surface area is 107 Å². The molecular formula is C13H17ClN2O. The molecule has 0 aromatic heterocycles. The van der Waals surface area contributed by atoms with Gasteiger partial charge in [-0.05, 0) is 37.6 Å². The molecule has 0 radical (unpaired) electrons. The Morgan fingerprint density at radius 3 is 2.88 bits per heavy atom. The summed E-state index contributed by atoms with van der Waals surface area (Å²) in [6.45, 7) is 6.47. The van der Waals surface area contributed by atoms with E-state index in [1.54, 1.807) is 6.07 Å². The second-order valence-electron chi connectivity index (χ2n) is 4.57. The number of benzene rings is 1. The first-order valence-corrected chi connectivity index (χ1v) is 6.24. The van der Waals surface area contributed by atoms with Crippen LogP contribution in [0.4, 0.5) is 0 Å². The van der Waals surface area contributed by atoms with Crippen LogP contribution in [0.5, 0.6) is 0 Å². The van der Waals surface area contributed by atoms with E-state index in [1.807, 2.05) is 24.0 Å². The Hall–Kier alpha value is -1.06. The van der Waals surface area contributed by atoms with Crippen LogP contribution in [0, 0.1) is 6.92 Å². The summed E-state index contributed by atoms with van der Waals surface area (Å²) in [5.41, 5.74) is 1.70. The molecule has 17 heavy (non-hydrogen) atoms. The van der Waals surface area contributed by atoms with Gasteiger partial charge >= 0.3 is 0 Å². The number of rotatable bonds is 1. The summed E-state index contributed by atoms with van der Waals surface area (Å²) in [7, 11) is 0. The van der Waals surface area contributed by atoms with E-state index in [0.29, 0.717) is 10.6 Å². The number of nitrogens with one attached hydrogen (secondary N) is 1. The number of piperazine rings is 1. The van der Waals surface area contributed by atoms with Crippen molar-refractivity contribution in [2.45, 2.75) is 19.9 Å². The summed E-state index contributed by atoms with van der Waals surface area (Å²) in [6.07, 6.45) is 0. The summed E-state index contributed by atoms with van der Waals surface area (Å²) in [6, 6.07) is 5.73. The zero-order valence-electron chi connectivity index (χ0n) is 10.2. The van der Waals surface area contributed by atoms with E-state index in [1.165, 1.54) is 0 Å². The van der Waals surface area contributed by atoms with Crippen molar-refractivity contribution in [3.05, 3.63) is 34.3 Å². The van der Waals surface area contributed by atoms with E-state index in [0.717, 1.165) is 25.2 Å². The molecule has 0 aliphatic carbocycles. The highest BCUT2D eigenvalue weighted by atomic mass is 35.5. The lowest BCUT2D eigenvalue weighted by atomic mass is 10.1. The van der Waals surface area contributed by atoms with Crippen LogP contribution in [0.2, 0.25) is 5.02 Å². The highest BCUT2D eigenvalue weighted by Crippen LogP contribution is 2.17. The molecule has 1 fully saturated rings. The van der Waals surface area contributed by atoms with Gasteiger partial charge in [-0.25, -0.2) is 0 Å². The lowest BCUT2D eigenvalue weighted by Gasteiger charge is -2.34. The van der Waals surface area contributed by atoms with Gasteiger partial charge in [0.1, 0.15) is 0 Å². The lowest BCUT2D eigenvalue weighted by molar-refractivity contribution is 0.0655. The van der Waals surface area contributed by atoms with Crippen molar-refractivity contribution in [2.75, 3.05) is 19.6 Å². The number of carbonyl (C=O) groups excluding carboxylic acids is 1. The van der Waals surface area contributed by atoms with Gasteiger partial charge in [0, 0.05) is 36.3 Å². The van der Waals surface area contributed by atoms with Gasteiger partial charge in [-0.1, -0.05) is 11.6 Å². The quantitative estimate of drug-likeness (QED) is 0.830. The zero-order valence-corrected chi connectivity index (χ0v) is 10.9. The highest BCUT2D eigenvalue weighted by Gasteiger charge is 2.24. The van der Waals surface area contributed by atoms with Crippen LogP contribution >= 0.6 is 11.6 Å². The fourth-order valence-electron chi connectivity index (χ4n) is 2.17. The van der Waals surface area contributed by atoms with E-state index in [9.17, 15) is 4.79 Å². The van der Waals surface area contributed by atoms with Crippen LogP contribution in [0.15, 0.2) is 18.2 Å². The first kappa shape index (κ1) is 12.4. The van der Waals surface area contributed by atoms with Crippen molar-refractivity contribution in [1.82, 2.24) is 10.2 Å². The van der Waals surface area contributed by atoms with Crippen LogP contribution in [-0.2, 0) is 0 Å². The fraction of sp³-hybridized carbons (Fsp3) is 0.462. The average Bonchev–Trinajstić information content (AvgIpc) is 2.27. The average molecular weight is 253 g/mol. The van der Waals surface area contributed by atoms with E-state index >= 15 is 0 Å². The molecule has 92 valence electrons. The minimum atomic E-state index is 0.0737. The molecule has 0 saturated carbocycles. The third-order valence-electron chi connectivity index (χ3n) is 3.05. The van der Waals surface area contributed by atoms with Gasteiger partial charge in [-0.3, -0.25) is 4.79 Å². The van der Waals surface area contributed by atoms with E-state index in [-0.39, 0.29) is 11.9 Å². The topological polar surface area (TPSA) is 32.3 Å². The Morgan fingerprint density at radius 1 is 1.47 bits per heavy atom. The van der Waals surface area contributed by atoms with Crippen LogP contribution in [0.3, 0.4) is 0 Å². The van der Waals surface area contributed by atoms with Crippen LogP contribution < -0.4 is 5.32 Å². The largest absolute Gasteiger partial charge is 0.333 e. The van der Waals surface area contributed by atoms with Gasteiger partial charge in [0.2, 0.25) is 0 Å². The molecule has 2 rings (SSSR count). The molecule has 1 aromatic carbocycles. The molecule has 0 spiro atoms. The summed E-state index contributed by atoms with van der Waals surface area (Å²) in [5, 5.41) is 3.90. The maximum Gasteiger partial charge on any atom is 0.254 e. The van der Waals surface area contributed by atoms with Crippen LogP contribution in [0.25, 0.3) is 0 Å². The Balaban J connectivity index is 2.23. The minimum absolute atomic E-state index is 0.0737. The number of carbonyl (C=O) groups is 1. The van der Waals surface area contributed by atoms with Crippen LogP contribution in [0.1, 0.15) is 22.8 Å². The number of hydrogen-bond donors (Lipinski definition) is 1. The number of amides is 1. The molecule has 0 unspecified atom stereocenters. The molecule has 0 bridgehead atoms. The predicted molar refractivity (Wildman–Crippen MR) is 69.6 cm³/mol. The molecule has 1 saturated heterocycles. The number of hydrogen-bond acceptors (Lipinski definition) is 2. The molecule has 1 heterocycles. The molecule has 1 N–H and O–H groups in total. The lowest BCUT2D eigenvalue weighted by Crippen LogP contribution is -2.52. The normalized spacial score (nSPS) is 20.4. The van der Waals surface area contributed by atoms with E-state index in [2.05, 4.69) is 12.2 Å². The molecule has 1 aliphatic rings. The summed E-state index contributed by atoms with van der Waals surface area (Å²) in [5.74, 6) is 0.0737. The first-order valence-electron chi connectivity index (χ1n) is 5.87. The van der Waals surface area contributed by atoms with Gasteiger partial charge in [-0.15, -0.1) is 0 Å². The summed E-state index contributed by atoms with van der Waals surface area (Å²) in [4.78, 5) is 14.3. The van der Waals surface area contributed by atoms with Gasteiger partial charge in [0.15, 0.2) is 0 Å². The first-order chi connectivity index (χ1) is 8.08. The van der Waals surface area contributed by atoms with Crippen molar-refractivity contribution >= 4 is 17.5 Å². The van der Waals surface area contributed by atoms with Crippen molar-refractivity contribution in [3.63, 3.8) is 0 Å². The predicted octanol–water partition coefficient (Wildman–Crippen LogP) is 2.08. The SMILES string of the molecule is Cc1cc(Cl)cc(C(=O)N2CCNC[C@H]2C)c1. The fourth-order valence-corrected chi connectivity index (χ4v) is 2.46. The molecule has 1 amide bonds.